The van der Waals surface area contributed by atoms with Crippen molar-refractivity contribution in [3.63, 3.8) is 0 Å². The van der Waals surface area contributed by atoms with Gasteiger partial charge in [-0.1, -0.05) is 12.1 Å². The summed E-state index contributed by atoms with van der Waals surface area (Å²) in [6.45, 7) is 0.0874. The number of hydrogen-bond donors (Lipinski definition) is 2. The Morgan fingerprint density at radius 3 is 2.61 bits per heavy atom. The molecule has 1 aromatic rings. The number of halogens is 3. The normalized spacial score (nSPS) is 11.3. The fourth-order valence-electron chi connectivity index (χ4n) is 1.27. The minimum atomic E-state index is -4.51. The van der Waals surface area contributed by atoms with E-state index in [0.29, 0.717) is 0 Å². The van der Waals surface area contributed by atoms with Crippen LogP contribution < -0.4 is 11.1 Å². The average Bonchev–Trinajstić information content (AvgIpc) is 2.28. The zero-order valence-corrected chi connectivity index (χ0v) is 9.46. The fraction of sp³-hybridized carbons (Fsp3) is 0.364. The Labute approximate surface area is 102 Å². The molecule has 0 bridgehead atoms. The second-order valence-corrected chi connectivity index (χ2v) is 3.43. The molecule has 0 saturated carbocycles. The quantitative estimate of drug-likeness (QED) is 0.792. The largest absolute Gasteiger partial charge is 0.418 e. The first kappa shape index (κ1) is 14.5. The molecule has 0 aliphatic rings. The predicted octanol–water partition coefficient (Wildman–Crippen LogP) is 1.62. The third kappa shape index (κ3) is 4.34. The lowest BCUT2D eigenvalue weighted by Gasteiger charge is -2.13. The van der Waals surface area contributed by atoms with Gasteiger partial charge in [0.15, 0.2) is 0 Å². The van der Waals surface area contributed by atoms with E-state index in [1.807, 2.05) is 0 Å². The third-order valence-electron chi connectivity index (χ3n) is 2.00. The summed E-state index contributed by atoms with van der Waals surface area (Å²) in [5, 5.41) is 2.15. The lowest BCUT2D eigenvalue weighted by Crippen LogP contribution is -2.22. The highest BCUT2D eigenvalue weighted by atomic mass is 19.4. The lowest BCUT2D eigenvalue weighted by molar-refractivity contribution is -0.137. The van der Waals surface area contributed by atoms with Crippen LogP contribution in [-0.2, 0) is 15.7 Å². The molecule has 0 fully saturated rings. The molecule has 100 valence electrons. The van der Waals surface area contributed by atoms with Gasteiger partial charge in [0.25, 0.3) is 0 Å². The summed E-state index contributed by atoms with van der Waals surface area (Å²) in [4.78, 5) is 11.3. The number of para-hydroxylation sites is 1. The molecular weight excluding hydrogens is 249 g/mol. The number of nitrogens with one attached hydrogen (secondary N) is 1. The highest BCUT2D eigenvalue weighted by molar-refractivity contribution is 5.92. The van der Waals surface area contributed by atoms with Gasteiger partial charge in [-0.2, -0.15) is 13.2 Å². The second kappa shape index (κ2) is 6.36. The third-order valence-corrected chi connectivity index (χ3v) is 2.00. The zero-order valence-electron chi connectivity index (χ0n) is 9.46. The topological polar surface area (TPSA) is 64.3 Å². The van der Waals surface area contributed by atoms with E-state index in [1.165, 1.54) is 18.2 Å². The molecule has 0 aromatic heterocycles. The molecule has 0 atom stereocenters. The van der Waals surface area contributed by atoms with Gasteiger partial charge in [-0.25, -0.2) is 0 Å². The maximum Gasteiger partial charge on any atom is 0.418 e. The monoisotopic (exact) mass is 262 g/mol. The van der Waals surface area contributed by atoms with Gasteiger partial charge in [-0.15, -0.1) is 0 Å². The van der Waals surface area contributed by atoms with Crippen molar-refractivity contribution >= 4 is 11.6 Å². The Bertz CT molecular complexity index is 408. The zero-order chi connectivity index (χ0) is 13.6. The number of alkyl halides is 3. The number of carbonyl (C=O) groups is 1. The van der Waals surface area contributed by atoms with E-state index in [4.69, 9.17) is 10.5 Å². The Hall–Kier alpha value is -1.60. The molecule has 0 spiro atoms. The van der Waals surface area contributed by atoms with Crippen LogP contribution in [0.5, 0.6) is 0 Å². The number of ether oxygens (including phenoxy) is 1. The molecule has 1 rings (SSSR count). The first-order chi connectivity index (χ1) is 8.45. The lowest BCUT2D eigenvalue weighted by atomic mass is 10.1. The average molecular weight is 262 g/mol. The fourth-order valence-corrected chi connectivity index (χ4v) is 1.27. The number of benzene rings is 1. The second-order valence-electron chi connectivity index (χ2n) is 3.43. The summed E-state index contributed by atoms with van der Waals surface area (Å²) < 4.78 is 42.6. The van der Waals surface area contributed by atoms with Crippen molar-refractivity contribution < 1.29 is 22.7 Å². The summed E-state index contributed by atoms with van der Waals surface area (Å²) in [5.74, 6) is -0.653. The van der Waals surface area contributed by atoms with Crippen LogP contribution in [0.25, 0.3) is 0 Å². The summed E-state index contributed by atoms with van der Waals surface area (Å²) >= 11 is 0. The highest BCUT2D eigenvalue weighted by Crippen LogP contribution is 2.34. The first-order valence-corrected chi connectivity index (χ1v) is 5.19. The molecule has 0 aliphatic heterocycles. The Balaban J connectivity index is 2.70. The van der Waals surface area contributed by atoms with Crippen molar-refractivity contribution in [2.24, 2.45) is 5.73 Å². The van der Waals surface area contributed by atoms with Gasteiger partial charge in [0.1, 0.15) is 6.61 Å². The molecule has 0 unspecified atom stereocenters. The SMILES string of the molecule is NCCOCC(=O)Nc1ccccc1C(F)(F)F. The van der Waals surface area contributed by atoms with Crippen molar-refractivity contribution in [3.05, 3.63) is 29.8 Å². The van der Waals surface area contributed by atoms with Gasteiger partial charge in [0, 0.05) is 6.54 Å². The maximum absolute atomic E-state index is 12.6. The van der Waals surface area contributed by atoms with Crippen LogP contribution in [0.3, 0.4) is 0 Å². The molecule has 1 amide bonds. The molecule has 3 N–H and O–H groups in total. The van der Waals surface area contributed by atoms with E-state index < -0.39 is 17.6 Å². The van der Waals surface area contributed by atoms with Gasteiger partial charge in [0.2, 0.25) is 5.91 Å². The van der Waals surface area contributed by atoms with E-state index >= 15 is 0 Å². The summed E-state index contributed by atoms with van der Waals surface area (Å²) in [7, 11) is 0. The van der Waals surface area contributed by atoms with Gasteiger partial charge in [-0.3, -0.25) is 4.79 Å². The van der Waals surface area contributed by atoms with Crippen LogP contribution in [0.1, 0.15) is 5.56 Å². The molecule has 0 aliphatic carbocycles. The van der Waals surface area contributed by atoms with E-state index in [9.17, 15) is 18.0 Å². The summed E-state index contributed by atoms with van der Waals surface area (Å²) in [5.41, 5.74) is 3.97. The summed E-state index contributed by atoms with van der Waals surface area (Å²) in [6.07, 6.45) is -4.51. The van der Waals surface area contributed by atoms with Gasteiger partial charge >= 0.3 is 6.18 Å². The van der Waals surface area contributed by atoms with Crippen LogP contribution in [0.4, 0.5) is 18.9 Å². The Morgan fingerprint density at radius 2 is 2.00 bits per heavy atom. The molecule has 7 heteroatoms. The van der Waals surface area contributed by atoms with E-state index in [1.54, 1.807) is 0 Å². The van der Waals surface area contributed by atoms with Gasteiger partial charge in [0.05, 0.1) is 17.9 Å². The van der Waals surface area contributed by atoms with Crippen molar-refractivity contribution in [1.29, 1.82) is 0 Å². The number of anilines is 1. The van der Waals surface area contributed by atoms with Crippen LogP contribution >= 0.6 is 0 Å². The van der Waals surface area contributed by atoms with E-state index in [0.717, 1.165) is 6.07 Å². The van der Waals surface area contributed by atoms with Crippen molar-refractivity contribution in [1.82, 2.24) is 0 Å². The Kier molecular flexibility index (Phi) is 5.11. The number of rotatable bonds is 5. The number of carbonyl (C=O) groups excluding carboxylic acids is 1. The first-order valence-electron chi connectivity index (χ1n) is 5.19. The molecule has 0 heterocycles. The standard InChI is InChI=1S/C11H13F3N2O2/c12-11(13,14)8-3-1-2-4-9(8)16-10(17)7-18-6-5-15/h1-4H,5-7,15H2,(H,16,17). The number of amides is 1. The molecule has 0 saturated heterocycles. The van der Waals surface area contributed by atoms with Crippen LogP contribution in [0.15, 0.2) is 24.3 Å². The number of nitrogens with two attached hydrogens (primary N) is 1. The Morgan fingerprint density at radius 1 is 1.33 bits per heavy atom. The predicted molar refractivity (Wildman–Crippen MR) is 59.9 cm³/mol. The summed E-state index contributed by atoms with van der Waals surface area (Å²) in [6, 6.07) is 4.75. The highest BCUT2D eigenvalue weighted by Gasteiger charge is 2.33. The van der Waals surface area contributed by atoms with Crippen molar-refractivity contribution in [3.8, 4) is 0 Å². The molecular formula is C11H13F3N2O2. The van der Waals surface area contributed by atoms with Crippen LogP contribution in [-0.4, -0.2) is 25.7 Å². The van der Waals surface area contributed by atoms with Crippen molar-refractivity contribution in [2.45, 2.75) is 6.18 Å². The van der Waals surface area contributed by atoms with Crippen molar-refractivity contribution in [2.75, 3.05) is 25.1 Å². The smallest absolute Gasteiger partial charge is 0.370 e. The van der Waals surface area contributed by atoms with E-state index in [-0.39, 0.29) is 25.4 Å². The minimum absolute atomic E-state index is 0.175. The minimum Gasteiger partial charge on any atom is -0.370 e. The molecule has 4 nitrogen and oxygen atoms in total. The molecule has 1 aromatic carbocycles. The van der Waals surface area contributed by atoms with Gasteiger partial charge in [-0.05, 0) is 12.1 Å². The van der Waals surface area contributed by atoms with E-state index in [2.05, 4.69) is 5.32 Å². The maximum atomic E-state index is 12.6. The van der Waals surface area contributed by atoms with Crippen LogP contribution in [0.2, 0.25) is 0 Å². The van der Waals surface area contributed by atoms with Crippen LogP contribution in [0, 0.1) is 0 Å². The molecule has 0 radical (unpaired) electrons. The van der Waals surface area contributed by atoms with Gasteiger partial charge < -0.3 is 15.8 Å². The molecule has 18 heavy (non-hydrogen) atoms. The number of hydrogen-bond acceptors (Lipinski definition) is 3.